The largest absolute Gasteiger partial charge is 0.364 e. The predicted molar refractivity (Wildman–Crippen MR) is 71.8 cm³/mol. The number of rotatable bonds is 3. The first kappa shape index (κ1) is 13.3. The molecule has 98 valence electrons. The number of ether oxygens (including phenoxy) is 1. The molecule has 2 rings (SSSR count). The molecule has 18 heavy (non-hydrogen) atoms. The number of carbonyl (C=O) groups excluding carboxylic acids is 1. The van der Waals surface area contributed by atoms with E-state index in [1.54, 1.807) is 12.1 Å². The highest BCUT2D eigenvalue weighted by Gasteiger charge is 2.29. The van der Waals surface area contributed by atoms with Gasteiger partial charge < -0.3 is 15.8 Å². The van der Waals surface area contributed by atoms with Gasteiger partial charge in [-0.3, -0.25) is 4.79 Å². The minimum atomic E-state index is -0.406. The highest BCUT2D eigenvalue weighted by atomic mass is 35.5. The van der Waals surface area contributed by atoms with Crippen molar-refractivity contribution in [3.05, 3.63) is 28.8 Å². The third-order valence-corrected chi connectivity index (χ3v) is 3.36. The number of nitrogens with one attached hydrogen (secondary N) is 1. The lowest BCUT2D eigenvalue weighted by Crippen LogP contribution is -2.30. The van der Waals surface area contributed by atoms with Crippen molar-refractivity contribution in [3.63, 3.8) is 0 Å². The Kier molecular flexibility index (Phi) is 4.22. The lowest BCUT2D eigenvalue weighted by molar-refractivity contribution is -0.126. The number of benzene rings is 1. The third kappa shape index (κ3) is 3.02. The molecule has 0 saturated carbocycles. The number of amides is 1. The topological polar surface area (TPSA) is 64.4 Å². The maximum absolute atomic E-state index is 12.0. The zero-order valence-corrected chi connectivity index (χ0v) is 11.0. The first-order chi connectivity index (χ1) is 8.60. The van der Waals surface area contributed by atoms with E-state index in [0.717, 1.165) is 17.7 Å². The summed E-state index contributed by atoms with van der Waals surface area (Å²) in [6, 6.07) is 5.41. The van der Waals surface area contributed by atoms with Crippen LogP contribution in [0.1, 0.15) is 18.4 Å². The van der Waals surface area contributed by atoms with Crippen LogP contribution in [0.2, 0.25) is 5.02 Å². The fourth-order valence-electron chi connectivity index (χ4n) is 2.01. The van der Waals surface area contributed by atoms with Crippen molar-refractivity contribution in [3.8, 4) is 0 Å². The summed E-state index contributed by atoms with van der Waals surface area (Å²) < 4.78 is 5.54. The van der Waals surface area contributed by atoms with Crippen LogP contribution in [0.15, 0.2) is 18.2 Å². The Hall–Kier alpha value is -1.10. The number of aryl methyl sites for hydroxylation is 1. The van der Waals surface area contributed by atoms with Gasteiger partial charge in [0.1, 0.15) is 6.10 Å². The van der Waals surface area contributed by atoms with Crippen LogP contribution in [0.3, 0.4) is 0 Å². The van der Waals surface area contributed by atoms with Gasteiger partial charge in [0.2, 0.25) is 0 Å². The van der Waals surface area contributed by atoms with E-state index in [4.69, 9.17) is 22.1 Å². The zero-order valence-electron chi connectivity index (χ0n) is 10.3. The van der Waals surface area contributed by atoms with Gasteiger partial charge in [0.15, 0.2) is 0 Å². The van der Waals surface area contributed by atoms with Crippen LogP contribution in [0.5, 0.6) is 0 Å². The number of hydrogen-bond acceptors (Lipinski definition) is 3. The van der Waals surface area contributed by atoms with Gasteiger partial charge >= 0.3 is 0 Å². The summed E-state index contributed by atoms with van der Waals surface area (Å²) in [6.07, 6.45) is 1.15. The van der Waals surface area contributed by atoms with E-state index < -0.39 is 6.10 Å². The van der Waals surface area contributed by atoms with E-state index in [0.29, 0.717) is 18.0 Å². The molecule has 1 heterocycles. The van der Waals surface area contributed by atoms with Gasteiger partial charge in [-0.05, 0) is 37.5 Å². The number of carbonyl (C=O) groups is 1. The van der Waals surface area contributed by atoms with Crippen molar-refractivity contribution in [2.75, 3.05) is 11.9 Å². The second kappa shape index (κ2) is 5.69. The average Bonchev–Trinajstić information content (AvgIpc) is 2.82. The summed E-state index contributed by atoms with van der Waals surface area (Å²) in [6.45, 7) is 2.38. The molecule has 3 N–H and O–H groups in total. The summed E-state index contributed by atoms with van der Waals surface area (Å²) in [5.41, 5.74) is 7.22. The van der Waals surface area contributed by atoms with Crippen molar-refractivity contribution < 1.29 is 9.53 Å². The highest BCUT2D eigenvalue weighted by Crippen LogP contribution is 2.23. The van der Waals surface area contributed by atoms with Crippen LogP contribution < -0.4 is 11.1 Å². The Morgan fingerprint density at radius 3 is 3.00 bits per heavy atom. The molecule has 1 aromatic carbocycles. The van der Waals surface area contributed by atoms with Crippen LogP contribution >= 0.6 is 11.6 Å². The van der Waals surface area contributed by atoms with E-state index in [9.17, 15) is 4.79 Å². The Bertz CT molecular complexity index is 451. The Morgan fingerprint density at radius 1 is 1.56 bits per heavy atom. The van der Waals surface area contributed by atoms with Crippen molar-refractivity contribution in [1.82, 2.24) is 0 Å². The van der Waals surface area contributed by atoms with Gasteiger partial charge in [0.05, 0.1) is 6.10 Å². The number of anilines is 1. The lowest BCUT2D eigenvalue weighted by atomic mass is 10.1. The van der Waals surface area contributed by atoms with E-state index in [-0.39, 0.29) is 12.0 Å². The van der Waals surface area contributed by atoms with Crippen LogP contribution in [-0.4, -0.2) is 24.7 Å². The van der Waals surface area contributed by atoms with Gasteiger partial charge in [0.25, 0.3) is 5.91 Å². The predicted octanol–water partition coefficient (Wildman–Crippen LogP) is 2.09. The van der Waals surface area contributed by atoms with Crippen molar-refractivity contribution >= 4 is 23.2 Å². The number of hydrogen-bond donors (Lipinski definition) is 2. The van der Waals surface area contributed by atoms with Gasteiger partial charge in [-0.25, -0.2) is 0 Å². The van der Waals surface area contributed by atoms with Crippen molar-refractivity contribution in [2.45, 2.75) is 32.0 Å². The van der Waals surface area contributed by atoms with Crippen LogP contribution in [-0.2, 0) is 9.53 Å². The second-order valence-electron chi connectivity index (χ2n) is 4.51. The van der Waals surface area contributed by atoms with E-state index in [2.05, 4.69) is 5.32 Å². The Morgan fingerprint density at radius 2 is 2.33 bits per heavy atom. The summed E-state index contributed by atoms with van der Waals surface area (Å²) in [5.74, 6) is -0.128. The minimum absolute atomic E-state index is 0.00112. The molecule has 1 fully saturated rings. The molecule has 0 aliphatic carbocycles. The maximum Gasteiger partial charge on any atom is 0.253 e. The molecule has 2 unspecified atom stereocenters. The molecule has 4 nitrogen and oxygen atoms in total. The summed E-state index contributed by atoms with van der Waals surface area (Å²) in [7, 11) is 0. The van der Waals surface area contributed by atoms with Gasteiger partial charge in [-0.1, -0.05) is 17.7 Å². The summed E-state index contributed by atoms with van der Waals surface area (Å²) in [5, 5.41) is 3.45. The van der Waals surface area contributed by atoms with Gasteiger partial charge in [-0.15, -0.1) is 0 Å². The second-order valence-corrected chi connectivity index (χ2v) is 4.94. The third-order valence-electron chi connectivity index (χ3n) is 3.12. The molecule has 0 spiro atoms. The van der Waals surface area contributed by atoms with Crippen LogP contribution in [0.4, 0.5) is 5.69 Å². The molecule has 5 heteroatoms. The van der Waals surface area contributed by atoms with Gasteiger partial charge in [-0.2, -0.15) is 0 Å². The fourth-order valence-corrected chi connectivity index (χ4v) is 2.19. The highest BCUT2D eigenvalue weighted by molar-refractivity contribution is 6.31. The molecule has 1 aliphatic rings. The van der Waals surface area contributed by atoms with Crippen LogP contribution in [0, 0.1) is 6.92 Å². The lowest BCUT2D eigenvalue weighted by Gasteiger charge is -2.14. The summed E-state index contributed by atoms with van der Waals surface area (Å²) in [4.78, 5) is 12.0. The number of nitrogens with two attached hydrogens (primary N) is 1. The molecule has 0 radical (unpaired) electrons. The monoisotopic (exact) mass is 268 g/mol. The molecule has 1 saturated heterocycles. The van der Waals surface area contributed by atoms with Crippen molar-refractivity contribution in [2.24, 2.45) is 5.73 Å². The standard InChI is InChI=1S/C13H17ClN2O2/c1-8-2-3-9(14)6-11(8)16-13(17)12-5-4-10(7-15)18-12/h2-3,6,10,12H,4-5,7,15H2,1H3,(H,16,17). The zero-order chi connectivity index (χ0) is 13.1. The average molecular weight is 269 g/mol. The maximum atomic E-state index is 12.0. The van der Waals surface area contributed by atoms with E-state index >= 15 is 0 Å². The Labute approximate surface area is 111 Å². The van der Waals surface area contributed by atoms with E-state index in [1.807, 2.05) is 13.0 Å². The molecular weight excluding hydrogens is 252 g/mol. The van der Waals surface area contributed by atoms with E-state index in [1.165, 1.54) is 0 Å². The first-order valence-electron chi connectivity index (χ1n) is 6.02. The summed E-state index contributed by atoms with van der Waals surface area (Å²) >= 11 is 5.91. The normalized spacial score (nSPS) is 23.1. The SMILES string of the molecule is Cc1ccc(Cl)cc1NC(=O)C1CCC(CN)O1. The Balaban J connectivity index is 2.01. The molecule has 1 aliphatic heterocycles. The fraction of sp³-hybridized carbons (Fsp3) is 0.462. The number of halogens is 1. The minimum Gasteiger partial charge on any atom is -0.364 e. The smallest absolute Gasteiger partial charge is 0.253 e. The quantitative estimate of drug-likeness (QED) is 0.882. The van der Waals surface area contributed by atoms with Gasteiger partial charge in [0, 0.05) is 17.3 Å². The molecule has 1 amide bonds. The van der Waals surface area contributed by atoms with Crippen molar-refractivity contribution in [1.29, 1.82) is 0 Å². The van der Waals surface area contributed by atoms with Crippen LogP contribution in [0.25, 0.3) is 0 Å². The molecular formula is C13H17ClN2O2. The molecule has 0 bridgehead atoms. The molecule has 1 aromatic rings. The molecule has 0 aromatic heterocycles. The molecule has 2 atom stereocenters. The first-order valence-corrected chi connectivity index (χ1v) is 6.40.